The summed E-state index contributed by atoms with van der Waals surface area (Å²) >= 11 is 0. The Bertz CT molecular complexity index is 858. The Balaban J connectivity index is 1.61. The molecule has 1 N–H and O–H groups in total. The molecule has 0 radical (unpaired) electrons. The summed E-state index contributed by atoms with van der Waals surface area (Å²) in [4.78, 5) is 0. The number of hydrogen-bond acceptors (Lipinski definition) is 3. The predicted molar refractivity (Wildman–Crippen MR) is 112 cm³/mol. The van der Waals surface area contributed by atoms with Crippen LogP contribution < -0.4 is 14.8 Å². The highest BCUT2D eigenvalue weighted by Crippen LogP contribution is 2.30. The van der Waals surface area contributed by atoms with Gasteiger partial charge in [-0.25, -0.2) is 0 Å². The summed E-state index contributed by atoms with van der Waals surface area (Å²) in [6.07, 6.45) is 0.938. The van der Waals surface area contributed by atoms with E-state index in [1.807, 2.05) is 30.3 Å². The summed E-state index contributed by atoms with van der Waals surface area (Å²) in [5.41, 5.74) is 4.78. The first kappa shape index (κ1) is 19.0. The third-order valence-corrected chi connectivity index (χ3v) is 4.87. The van der Waals surface area contributed by atoms with Crippen LogP contribution in [0.2, 0.25) is 0 Å². The third kappa shape index (κ3) is 4.69. The number of nitrogens with one attached hydrogen (secondary N) is 1. The first-order chi connectivity index (χ1) is 13.2. The van der Waals surface area contributed by atoms with Crippen LogP contribution in [0.25, 0.3) is 11.1 Å². The maximum Gasteiger partial charge on any atom is 0.126 e. The van der Waals surface area contributed by atoms with Gasteiger partial charge in [0.2, 0.25) is 0 Å². The van der Waals surface area contributed by atoms with Crippen LogP contribution in [-0.4, -0.2) is 20.8 Å². The fraction of sp³-hybridized carbons (Fsp3) is 0.250. The SMILES string of the molecule is COc1ccccc1CCNC(C)c1ccc(-c2ccccc2OC)cc1. The molecule has 0 heterocycles. The fourth-order valence-electron chi connectivity index (χ4n) is 3.29. The Morgan fingerprint density at radius 1 is 0.778 bits per heavy atom. The Morgan fingerprint density at radius 2 is 1.41 bits per heavy atom. The molecule has 0 saturated heterocycles. The van der Waals surface area contributed by atoms with E-state index in [0.717, 1.165) is 35.6 Å². The normalized spacial score (nSPS) is 11.8. The lowest BCUT2D eigenvalue weighted by Gasteiger charge is -2.16. The average molecular weight is 361 g/mol. The van der Waals surface area contributed by atoms with Crippen molar-refractivity contribution in [3.63, 3.8) is 0 Å². The molecule has 140 valence electrons. The van der Waals surface area contributed by atoms with Crippen molar-refractivity contribution in [1.29, 1.82) is 0 Å². The van der Waals surface area contributed by atoms with E-state index < -0.39 is 0 Å². The summed E-state index contributed by atoms with van der Waals surface area (Å²) < 4.78 is 10.9. The van der Waals surface area contributed by atoms with E-state index in [2.05, 4.69) is 54.7 Å². The minimum atomic E-state index is 0.284. The van der Waals surface area contributed by atoms with Gasteiger partial charge in [-0.1, -0.05) is 60.7 Å². The molecule has 0 saturated carbocycles. The second kappa shape index (κ2) is 9.24. The number of rotatable bonds is 8. The number of para-hydroxylation sites is 2. The molecular formula is C24H27NO2. The first-order valence-electron chi connectivity index (χ1n) is 9.31. The van der Waals surface area contributed by atoms with E-state index in [1.54, 1.807) is 14.2 Å². The van der Waals surface area contributed by atoms with Crippen molar-refractivity contribution < 1.29 is 9.47 Å². The van der Waals surface area contributed by atoms with Gasteiger partial charge < -0.3 is 14.8 Å². The zero-order chi connectivity index (χ0) is 19.1. The van der Waals surface area contributed by atoms with Crippen molar-refractivity contribution in [3.05, 3.63) is 83.9 Å². The topological polar surface area (TPSA) is 30.5 Å². The second-order valence-electron chi connectivity index (χ2n) is 6.56. The summed E-state index contributed by atoms with van der Waals surface area (Å²) in [5, 5.41) is 3.60. The monoisotopic (exact) mass is 361 g/mol. The van der Waals surface area contributed by atoms with Gasteiger partial charge in [-0.15, -0.1) is 0 Å². The Hall–Kier alpha value is -2.78. The van der Waals surface area contributed by atoms with Crippen LogP contribution in [0.3, 0.4) is 0 Å². The summed E-state index contributed by atoms with van der Waals surface area (Å²) in [5.74, 6) is 1.85. The van der Waals surface area contributed by atoms with Gasteiger partial charge in [0.15, 0.2) is 0 Å². The average Bonchev–Trinajstić information content (AvgIpc) is 2.74. The summed E-state index contributed by atoms with van der Waals surface area (Å²) in [7, 11) is 3.43. The van der Waals surface area contributed by atoms with Gasteiger partial charge in [-0.05, 0) is 48.7 Å². The second-order valence-corrected chi connectivity index (χ2v) is 6.56. The molecule has 3 nitrogen and oxygen atoms in total. The lowest BCUT2D eigenvalue weighted by atomic mass is 10.0. The molecule has 0 aliphatic rings. The highest BCUT2D eigenvalue weighted by Gasteiger charge is 2.08. The van der Waals surface area contributed by atoms with Crippen molar-refractivity contribution in [2.24, 2.45) is 0 Å². The molecule has 0 aliphatic carbocycles. The maximum absolute atomic E-state index is 5.47. The number of benzene rings is 3. The molecule has 0 aliphatic heterocycles. The van der Waals surface area contributed by atoms with Gasteiger partial charge in [0.05, 0.1) is 14.2 Å². The highest BCUT2D eigenvalue weighted by atomic mass is 16.5. The molecule has 0 amide bonds. The molecule has 3 rings (SSSR count). The highest BCUT2D eigenvalue weighted by molar-refractivity contribution is 5.70. The van der Waals surface area contributed by atoms with E-state index in [1.165, 1.54) is 11.1 Å². The van der Waals surface area contributed by atoms with Crippen molar-refractivity contribution in [2.75, 3.05) is 20.8 Å². The van der Waals surface area contributed by atoms with Crippen molar-refractivity contribution >= 4 is 0 Å². The van der Waals surface area contributed by atoms with Crippen molar-refractivity contribution in [3.8, 4) is 22.6 Å². The third-order valence-electron chi connectivity index (χ3n) is 4.87. The minimum Gasteiger partial charge on any atom is -0.496 e. The van der Waals surface area contributed by atoms with Crippen LogP contribution in [0.15, 0.2) is 72.8 Å². The smallest absolute Gasteiger partial charge is 0.126 e. The molecule has 0 aromatic heterocycles. The minimum absolute atomic E-state index is 0.284. The van der Waals surface area contributed by atoms with E-state index in [-0.39, 0.29) is 6.04 Å². The Labute approximate surface area is 162 Å². The lowest BCUT2D eigenvalue weighted by Crippen LogP contribution is -2.21. The van der Waals surface area contributed by atoms with Gasteiger partial charge in [0.25, 0.3) is 0 Å². The van der Waals surface area contributed by atoms with Crippen molar-refractivity contribution in [1.82, 2.24) is 5.32 Å². The quantitative estimate of drug-likeness (QED) is 0.593. The molecule has 3 heteroatoms. The Morgan fingerprint density at radius 3 is 2.11 bits per heavy atom. The van der Waals surface area contributed by atoms with E-state index in [0.29, 0.717) is 0 Å². The maximum atomic E-state index is 5.47. The van der Waals surface area contributed by atoms with Crippen LogP contribution in [0.5, 0.6) is 11.5 Å². The van der Waals surface area contributed by atoms with E-state index >= 15 is 0 Å². The molecule has 1 atom stereocenters. The van der Waals surface area contributed by atoms with Gasteiger partial charge in [-0.2, -0.15) is 0 Å². The van der Waals surface area contributed by atoms with Crippen LogP contribution in [0, 0.1) is 0 Å². The largest absolute Gasteiger partial charge is 0.496 e. The van der Waals surface area contributed by atoms with Gasteiger partial charge in [-0.3, -0.25) is 0 Å². The molecule has 0 fully saturated rings. The van der Waals surface area contributed by atoms with E-state index in [4.69, 9.17) is 9.47 Å². The Kier molecular flexibility index (Phi) is 6.50. The molecule has 1 unspecified atom stereocenters. The summed E-state index contributed by atoms with van der Waals surface area (Å²) in [6.45, 7) is 3.09. The number of methoxy groups -OCH3 is 2. The standard InChI is InChI=1S/C24H27NO2/c1-18(25-17-16-21-8-4-6-10-23(21)26-2)19-12-14-20(15-13-19)22-9-5-7-11-24(22)27-3/h4-15,18,25H,16-17H2,1-3H3. The van der Waals surface area contributed by atoms with Crippen molar-refractivity contribution in [2.45, 2.75) is 19.4 Å². The molecule has 0 spiro atoms. The molecule has 27 heavy (non-hydrogen) atoms. The van der Waals surface area contributed by atoms with Gasteiger partial charge >= 0.3 is 0 Å². The zero-order valence-corrected chi connectivity index (χ0v) is 16.2. The van der Waals surface area contributed by atoms with Gasteiger partial charge in [0, 0.05) is 11.6 Å². The lowest BCUT2D eigenvalue weighted by molar-refractivity contribution is 0.408. The van der Waals surface area contributed by atoms with Gasteiger partial charge in [0.1, 0.15) is 11.5 Å². The molecule has 0 bridgehead atoms. The number of ether oxygens (including phenoxy) is 2. The van der Waals surface area contributed by atoms with Crippen LogP contribution in [-0.2, 0) is 6.42 Å². The van der Waals surface area contributed by atoms with E-state index in [9.17, 15) is 0 Å². The molecular weight excluding hydrogens is 334 g/mol. The van der Waals surface area contributed by atoms with Crippen LogP contribution in [0.4, 0.5) is 0 Å². The fourth-order valence-corrected chi connectivity index (χ4v) is 3.29. The predicted octanol–water partition coefficient (Wildman–Crippen LogP) is 5.26. The van der Waals surface area contributed by atoms with Crippen LogP contribution >= 0.6 is 0 Å². The number of hydrogen-bond donors (Lipinski definition) is 1. The first-order valence-corrected chi connectivity index (χ1v) is 9.31. The summed E-state index contributed by atoms with van der Waals surface area (Å²) in [6, 6.07) is 25.3. The molecule has 3 aromatic carbocycles. The zero-order valence-electron chi connectivity index (χ0n) is 16.2. The van der Waals surface area contributed by atoms with Crippen LogP contribution in [0.1, 0.15) is 24.1 Å². The molecule has 3 aromatic rings.